The Bertz CT molecular complexity index is 448. The Morgan fingerprint density at radius 2 is 1.78 bits per heavy atom. The molecule has 0 N–H and O–H groups in total. The fourth-order valence-electron chi connectivity index (χ4n) is 3.09. The minimum atomic E-state index is 0.158. The van der Waals surface area contributed by atoms with Crippen LogP contribution in [-0.4, -0.2) is 18.0 Å². The number of carbonyl (C=O) groups excluding carboxylic acids is 1. The van der Waals surface area contributed by atoms with E-state index >= 15 is 0 Å². The second kappa shape index (κ2) is 4.69. The van der Waals surface area contributed by atoms with Gasteiger partial charge < -0.3 is 4.74 Å². The van der Waals surface area contributed by atoms with Crippen molar-refractivity contribution in [1.29, 1.82) is 0 Å². The zero-order valence-electron chi connectivity index (χ0n) is 10.5. The first-order valence-corrected chi connectivity index (χ1v) is 6.68. The number of hydrogen-bond donors (Lipinski definition) is 0. The van der Waals surface area contributed by atoms with E-state index in [0.717, 1.165) is 36.8 Å². The maximum absolute atomic E-state index is 12.4. The molecule has 2 unspecified atom stereocenters. The highest BCUT2D eigenvalue weighted by Crippen LogP contribution is 2.37. The number of hydrogen-bond acceptors (Lipinski definition) is 2. The summed E-state index contributed by atoms with van der Waals surface area (Å²) in [6.45, 7) is 3.72. The van der Waals surface area contributed by atoms with Crippen molar-refractivity contribution in [1.82, 2.24) is 0 Å². The molecule has 2 nitrogen and oxygen atoms in total. The number of fused-ring (bicyclic) bond motifs is 2. The highest BCUT2D eigenvalue weighted by Gasteiger charge is 2.38. The van der Waals surface area contributed by atoms with E-state index in [-0.39, 0.29) is 11.7 Å². The SMILES string of the molecule is C=Cc1ccc(C(=O)C2CC3CCC(C2)O3)cc1. The molecule has 2 bridgehead atoms. The molecule has 0 aromatic heterocycles. The predicted molar refractivity (Wildman–Crippen MR) is 71.5 cm³/mol. The van der Waals surface area contributed by atoms with Crippen LogP contribution in [0.1, 0.15) is 41.6 Å². The van der Waals surface area contributed by atoms with Crippen LogP contribution in [-0.2, 0) is 4.74 Å². The van der Waals surface area contributed by atoms with Gasteiger partial charge in [0, 0.05) is 11.5 Å². The number of ether oxygens (including phenoxy) is 1. The lowest BCUT2D eigenvalue weighted by molar-refractivity contribution is -0.0149. The zero-order chi connectivity index (χ0) is 12.5. The Labute approximate surface area is 108 Å². The summed E-state index contributed by atoms with van der Waals surface area (Å²) >= 11 is 0. The van der Waals surface area contributed by atoms with Gasteiger partial charge in [-0.15, -0.1) is 0 Å². The lowest BCUT2D eigenvalue weighted by atomic mass is 9.88. The molecule has 0 amide bonds. The summed E-state index contributed by atoms with van der Waals surface area (Å²) in [4.78, 5) is 12.4. The smallest absolute Gasteiger partial charge is 0.166 e. The highest BCUT2D eigenvalue weighted by atomic mass is 16.5. The van der Waals surface area contributed by atoms with Crippen LogP contribution in [0.15, 0.2) is 30.8 Å². The van der Waals surface area contributed by atoms with E-state index in [1.54, 1.807) is 6.08 Å². The van der Waals surface area contributed by atoms with Crippen LogP contribution >= 0.6 is 0 Å². The monoisotopic (exact) mass is 242 g/mol. The van der Waals surface area contributed by atoms with Gasteiger partial charge in [0.2, 0.25) is 0 Å². The van der Waals surface area contributed by atoms with Crippen molar-refractivity contribution >= 4 is 11.9 Å². The van der Waals surface area contributed by atoms with Crippen LogP contribution in [0.2, 0.25) is 0 Å². The number of benzene rings is 1. The molecule has 2 atom stereocenters. The largest absolute Gasteiger partial charge is 0.375 e. The Kier molecular flexibility index (Phi) is 3.04. The van der Waals surface area contributed by atoms with Gasteiger partial charge in [0.05, 0.1) is 12.2 Å². The summed E-state index contributed by atoms with van der Waals surface area (Å²) in [5, 5.41) is 0. The molecule has 2 aliphatic rings. The Morgan fingerprint density at radius 1 is 1.17 bits per heavy atom. The van der Waals surface area contributed by atoms with Gasteiger partial charge in [-0.05, 0) is 31.2 Å². The molecule has 1 aromatic rings. The van der Waals surface area contributed by atoms with Crippen molar-refractivity contribution in [3.8, 4) is 0 Å². The van der Waals surface area contributed by atoms with Crippen LogP contribution in [0.5, 0.6) is 0 Å². The molecular formula is C16H18O2. The number of carbonyl (C=O) groups is 1. The van der Waals surface area contributed by atoms with E-state index in [2.05, 4.69) is 6.58 Å². The van der Waals surface area contributed by atoms with Gasteiger partial charge in [0.1, 0.15) is 0 Å². The summed E-state index contributed by atoms with van der Waals surface area (Å²) in [6.07, 6.45) is 6.50. The number of rotatable bonds is 3. The zero-order valence-corrected chi connectivity index (χ0v) is 10.5. The summed E-state index contributed by atoms with van der Waals surface area (Å²) in [5.74, 6) is 0.441. The molecule has 0 spiro atoms. The molecule has 0 aliphatic carbocycles. The number of Topliss-reactive ketones (excluding diaryl/α,β-unsaturated/α-hetero) is 1. The summed E-state index contributed by atoms with van der Waals surface area (Å²) in [5.41, 5.74) is 1.88. The van der Waals surface area contributed by atoms with E-state index in [4.69, 9.17) is 4.74 Å². The summed E-state index contributed by atoms with van der Waals surface area (Å²) in [7, 11) is 0. The van der Waals surface area contributed by atoms with Crippen molar-refractivity contribution in [3.63, 3.8) is 0 Å². The molecule has 2 heteroatoms. The Hall–Kier alpha value is -1.41. The second-order valence-electron chi connectivity index (χ2n) is 5.32. The van der Waals surface area contributed by atoms with E-state index in [1.807, 2.05) is 24.3 Å². The normalized spacial score (nSPS) is 30.1. The van der Waals surface area contributed by atoms with Crippen molar-refractivity contribution in [2.24, 2.45) is 5.92 Å². The van der Waals surface area contributed by atoms with Gasteiger partial charge in [-0.2, -0.15) is 0 Å². The molecular weight excluding hydrogens is 224 g/mol. The molecule has 2 aliphatic heterocycles. The first-order valence-electron chi connectivity index (χ1n) is 6.68. The van der Waals surface area contributed by atoms with E-state index < -0.39 is 0 Å². The highest BCUT2D eigenvalue weighted by molar-refractivity contribution is 5.98. The molecule has 94 valence electrons. The van der Waals surface area contributed by atoms with Gasteiger partial charge >= 0.3 is 0 Å². The quantitative estimate of drug-likeness (QED) is 0.759. The number of ketones is 1. The third kappa shape index (κ3) is 2.13. The lowest BCUT2D eigenvalue weighted by Crippen LogP contribution is -2.30. The van der Waals surface area contributed by atoms with Crippen LogP contribution in [0, 0.1) is 5.92 Å². The van der Waals surface area contributed by atoms with Gasteiger partial charge in [0.15, 0.2) is 5.78 Å². The van der Waals surface area contributed by atoms with Gasteiger partial charge in [-0.1, -0.05) is 36.9 Å². The lowest BCUT2D eigenvalue weighted by Gasteiger charge is -2.27. The molecule has 1 aromatic carbocycles. The van der Waals surface area contributed by atoms with Crippen LogP contribution in [0.3, 0.4) is 0 Å². The van der Waals surface area contributed by atoms with Crippen molar-refractivity contribution < 1.29 is 9.53 Å². The first-order chi connectivity index (χ1) is 8.76. The Morgan fingerprint density at radius 3 is 2.33 bits per heavy atom. The van der Waals surface area contributed by atoms with E-state index in [0.29, 0.717) is 12.2 Å². The third-order valence-corrected chi connectivity index (χ3v) is 4.09. The molecule has 2 heterocycles. The van der Waals surface area contributed by atoms with Crippen molar-refractivity contribution in [2.75, 3.05) is 0 Å². The molecule has 3 rings (SSSR count). The third-order valence-electron chi connectivity index (χ3n) is 4.09. The topological polar surface area (TPSA) is 26.3 Å². The van der Waals surface area contributed by atoms with E-state index in [9.17, 15) is 4.79 Å². The van der Waals surface area contributed by atoms with Gasteiger partial charge in [-0.25, -0.2) is 0 Å². The second-order valence-corrected chi connectivity index (χ2v) is 5.32. The molecule has 0 radical (unpaired) electrons. The average Bonchev–Trinajstić information content (AvgIpc) is 2.77. The first kappa shape index (κ1) is 11.7. The summed E-state index contributed by atoms with van der Waals surface area (Å²) < 4.78 is 5.78. The Balaban J connectivity index is 1.75. The van der Waals surface area contributed by atoms with E-state index in [1.165, 1.54) is 0 Å². The minimum absolute atomic E-state index is 0.158. The fraction of sp³-hybridized carbons (Fsp3) is 0.438. The molecule has 2 saturated heterocycles. The van der Waals surface area contributed by atoms with Crippen molar-refractivity contribution in [3.05, 3.63) is 42.0 Å². The fourth-order valence-corrected chi connectivity index (χ4v) is 3.09. The maximum atomic E-state index is 12.4. The predicted octanol–water partition coefficient (Wildman–Crippen LogP) is 3.47. The standard InChI is InChI=1S/C16H18O2/c1-2-11-3-5-12(6-4-11)16(17)13-9-14-7-8-15(10-13)18-14/h2-6,13-15H,1,7-10H2. The summed E-state index contributed by atoms with van der Waals surface area (Å²) in [6, 6.07) is 7.73. The molecule has 2 fully saturated rings. The van der Waals surface area contributed by atoms with Gasteiger partial charge in [-0.3, -0.25) is 4.79 Å². The molecule has 18 heavy (non-hydrogen) atoms. The average molecular weight is 242 g/mol. The minimum Gasteiger partial charge on any atom is -0.375 e. The van der Waals surface area contributed by atoms with Crippen LogP contribution < -0.4 is 0 Å². The maximum Gasteiger partial charge on any atom is 0.166 e. The molecule has 0 saturated carbocycles. The van der Waals surface area contributed by atoms with Crippen LogP contribution in [0.4, 0.5) is 0 Å². The van der Waals surface area contributed by atoms with Crippen molar-refractivity contribution in [2.45, 2.75) is 37.9 Å². The van der Waals surface area contributed by atoms with Crippen LogP contribution in [0.25, 0.3) is 6.08 Å². The van der Waals surface area contributed by atoms with Gasteiger partial charge in [0.25, 0.3) is 0 Å².